The summed E-state index contributed by atoms with van der Waals surface area (Å²) in [6.45, 7) is 0.355. The summed E-state index contributed by atoms with van der Waals surface area (Å²) in [5, 5.41) is 12.6. The maximum atomic E-state index is 13.5. The van der Waals surface area contributed by atoms with Gasteiger partial charge in [0.15, 0.2) is 5.69 Å². The number of carbonyl (C=O) groups excluding carboxylic acids is 1. The molecule has 36 heavy (non-hydrogen) atoms. The molecule has 0 radical (unpaired) electrons. The Labute approximate surface area is 206 Å². The Hall–Kier alpha value is -4.92. The number of amides is 1. The molecule has 5 aromatic rings. The largest absolute Gasteiger partial charge is 0.497 e. The van der Waals surface area contributed by atoms with Crippen LogP contribution in [0.4, 0.5) is 5.82 Å². The highest BCUT2D eigenvalue weighted by Gasteiger charge is 2.19. The van der Waals surface area contributed by atoms with Crippen LogP contribution in [-0.4, -0.2) is 39.7 Å². The van der Waals surface area contributed by atoms with Gasteiger partial charge in [0, 0.05) is 23.1 Å². The van der Waals surface area contributed by atoms with Crippen LogP contribution in [0.3, 0.4) is 0 Å². The molecule has 0 aliphatic rings. The number of hydrogen-bond donors (Lipinski definition) is 1. The normalized spacial score (nSPS) is 10.8. The lowest BCUT2D eigenvalue weighted by atomic mass is 10.1. The molecule has 0 atom stereocenters. The van der Waals surface area contributed by atoms with E-state index in [1.165, 1.54) is 4.68 Å². The van der Waals surface area contributed by atoms with E-state index in [2.05, 4.69) is 15.5 Å². The van der Waals surface area contributed by atoms with Gasteiger partial charge in [-0.2, -0.15) is 14.9 Å². The van der Waals surface area contributed by atoms with Gasteiger partial charge in [-0.3, -0.25) is 9.59 Å². The molecular weight excluding hydrogens is 458 g/mol. The van der Waals surface area contributed by atoms with Crippen LogP contribution in [0, 0.1) is 0 Å². The number of fused-ring (bicyclic) bond motifs is 1. The molecule has 9 heteroatoms. The van der Waals surface area contributed by atoms with Gasteiger partial charge in [0.1, 0.15) is 17.3 Å². The van der Waals surface area contributed by atoms with Gasteiger partial charge < -0.3 is 14.8 Å². The van der Waals surface area contributed by atoms with Crippen molar-refractivity contribution < 1.29 is 14.3 Å². The third kappa shape index (κ3) is 4.29. The number of anilines is 1. The smallest absolute Gasteiger partial charge is 0.279 e. The van der Waals surface area contributed by atoms with Gasteiger partial charge in [0.25, 0.3) is 11.5 Å². The Morgan fingerprint density at radius 2 is 1.67 bits per heavy atom. The summed E-state index contributed by atoms with van der Waals surface area (Å²) in [6, 6.07) is 23.2. The molecule has 0 spiro atoms. The van der Waals surface area contributed by atoms with Crippen molar-refractivity contribution >= 4 is 22.5 Å². The fraction of sp³-hybridized carbons (Fsp3) is 0.111. The van der Waals surface area contributed by atoms with Gasteiger partial charge in [-0.25, -0.2) is 4.68 Å². The Balaban J connectivity index is 1.50. The van der Waals surface area contributed by atoms with E-state index >= 15 is 0 Å². The predicted octanol–water partition coefficient (Wildman–Crippen LogP) is 3.90. The third-order valence-corrected chi connectivity index (χ3v) is 5.79. The molecule has 1 N–H and O–H groups in total. The molecule has 0 fully saturated rings. The summed E-state index contributed by atoms with van der Waals surface area (Å²) in [5.41, 5.74) is 1.26. The monoisotopic (exact) mass is 481 g/mol. The van der Waals surface area contributed by atoms with Crippen LogP contribution in [0.1, 0.15) is 16.1 Å². The molecule has 0 saturated heterocycles. The molecule has 1 amide bonds. The Morgan fingerprint density at radius 1 is 0.917 bits per heavy atom. The first-order chi connectivity index (χ1) is 17.6. The maximum absolute atomic E-state index is 13.5. The molecule has 3 aromatic carbocycles. The van der Waals surface area contributed by atoms with Crippen molar-refractivity contribution in [2.75, 3.05) is 19.5 Å². The van der Waals surface area contributed by atoms with E-state index in [1.54, 1.807) is 73.6 Å². The quantitative estimate of drug-likeness (QED) is 0.379. The minimum atomic E-state index is -0.459. The van der Waals surface area contributed by atoms with Crippen LogP contribution in [0.15, 0.2) is 89.9 Å². The van der Waals surface area contributed by atoms with Gasteiger partial charge in [-0.05, 0) is 30.3 Å². The van der Waals surface area contributed by atoms with Crippen LogP contribution < -0.4 is 20.3 Å². The second-order valence-corrected chi connectivity index (χ2v) is 7.95. The second kappa shape index (κ2) is 9.75. The molecule has 0 bridgehead atoms. The predicted molar refractivity (Wildman–Crippen MR) is 136 cm³/mol. The molecule has 9 nitrogen and oxygen atoms in total. The van der Waals surface area contributed by atoms with E-state index in [9.17, 15) is 9.59 Å². The number of aromatic nitrogens is 4. The molecule has 2 aromatic heterocycles. The highest BCUT2D eigenvalue weighted by Crippen LogP contribution is 2.26. The average molecular weight is 482 g/mol. The number of benzene rings is 3. The third-order valence-electron chi connectivity index (χ3n) is 5.79. The van der Waals surface area contributed by atoms with Gasteiger partial charge in [-0.15, -0.1) is 0 Å². The second-order valence-electron chi connectivity index (χ2n) is 7.95. The first kappa shape index (κ1) is 22.9. The summed E-state index contributed by atoms with van der Waals surface area (Å²) in [6.07, 6.45) is 1.60. The van der Waals surface area contributed by atoms with Gasteiger partial charge >= 0.3 is 0 Å². The van der Waals surface area contributed by atoms with E-state index in [-0.39, 0.29) is 11.3 Å². The summed E-state index contributed by atoms with van der Waals surface area (Å²) in [7, 11) is 3.18. The first-order valence-electron chi connectivity index (χ1n) is 11.2. The molecular formula is C27H23N5O4. The number of methoxy groups -OCH3 is 2. The zero-order chi connectivity index (χ0) is 25.1. The zero-order valence-electron chi connectivity index (χ0n) is 19.7. The van der Waals surface area contributed by atoms with Crippen molar-refractivity contribution in [3.63, 3.8) is 0 Å². The number of nitrogens with zero attached hydrogens (tertiary/aromatic N) is 4. The molecule has 0 unspecified atom stereocenters. The summed E-state index contributed by atoms with van der Waals surface area (Å²) in [4.78, 5) is 26.6. The number of ether oxygens (including phenoxy) is 2. The van der Waals surface area contributed by atoms with E-state index in [0.717, 1.165) is 5.56 Å². The van der Waals surface area contributed by atoms with Crippen molar-refractivity contribution in [2.24, 2.45) is 0 Å². The number of rotatable bonds is 7. The van der Waals surface area contributed by atoms with E-state index in [0.29, 0.717) is 40.3 Å². The fourth-order valence-corrected chi connectivity index (χ4v) is 3.99. The Bertz CT molecular complexity index is 1610. The van der Waals surface area contributed by atoms with Crippen molar-refractivity contribution in [2.45, 2.75) is 6.54 Å². The lowest BCUT2D eigenvalue weighted by Crippen LogP contribution is -2.27. The number of hydrogen-bond acceptors (Lipinski definition) is 6. The first-order valence-corrected chi connectivity index (χ1v) is 11.2. The maximum Gasteiger partial charge on any atom is 0.279 e. The number of carbonyl (C=O) groups is 1. The van der Waals surface area contributed by atoms with E-state index in [1.807, 2.05) is 30.3 Å². The molecule has 180 valence electrons. The van der Waals surface area contributed by atoms with Crippen molar-refractivity contribution in [3.05, 3.63) is 107 Å². The van der Waals surface area contributed by atoms with Gasteiger partial charge in [-0.1, -0.05) is 36.4 Å². The summed E-state index contributed by atoms with van der Waals surface area (Å²) < 4.78 is 13.7. The molecule has 2 heterocycles. The topological polar surface area (TPSA) is 100 Å². The van der Waals surface area contributed by atoms with Gasteiger partial charge in [0.05, 0.1) is 38.0 Å². The summed E-state index contributed by atoms with van der Waals surface area (Å²) in [5.74, 6) is 1.33. The Morgan fingerprint density at radius 3 is 2.42 bits per heavy atom. The molecule has 0 aliphatic carbocycles. The van der Waals surface area contributed by atoms with Crippen LogP contribution in [0.5, 0.6) is 11.5 Å². The minimum Gasteiger partial charge on any atom is -0.497 e. The summed E-state index contributed by atoms with van der Waals surface area (Å²) >= 11 is 0. The van der Waals surface area contributed by atoms with Crippen molar-refractivity contribution in [3.8, 4) is 17.2 Å². The number of nitrogens with one attached hydrogen (secondary N) is 1. The van der Waals surface area contributed by atoms with Crippen LogP contribution in [0.2, 0.25) is 0 Å². The highest BCUT2D eigenvalue weighted by molar-refractivity contribution is 6.10. The minimum absolute atomic E-state index is 0.129. The lowest BCUT2D eigenvalue weighted by molar-refractivity contribution is 0.102. The number of para-hydroxylation sites is 1. The fourth-order valence-electron chi connectivity index (χ4n) is 3.99. The lowest BCUT2D eigenvalue weighted by Gasteiger charge is -2.14. The van der Waals surface area contributed by atoms with Crippen molar-refractivity contribution in [1.29, 1.82) is 0 Å². The average Bonchev–Trinajstić information content (AvgIpc) is 3.35. The van der Waals surface area contributed by atoms with E-state index < -0.39 is 5.91 Å². The van der Waals surface area contributed by atoms with E-state index in [4.69, 9.17) is 9.47 Å². The van der Waals surface area contributed by atoms with Crippen LogP contribution in [0.25, 0.3) is 16.5 Å². The Kier molecular flexibility index (Phi) is 6.19. The highest BCUT2D eigenvalue weighted by atomic mass is 16.5. The SMILES string of the molecule is COc1ccc(Cn2nccc2NC(=O)c2nn(-c3ccccc3)c(=O)c3ccccc23)c(OC)c1. The molecule has 0 saturated carbocycles. The van der Waals surface area contributed by atoms with Crippen molar-refractivity contribution in [1.82, 2.24) is 19.6 Å². The van der Waals surface area contributed by atoms with Crippen LogP contribution in [-0.2, 0) is 6.54 Å². The standard InChI is InChI=1S/C27H23N5O4/c1-35-20-13-12-18(23(16-20)36-2)17-31-24(14-15-28-31)29-26(33)25-21-10-6-7-11-22(21)27(34)32(30-25)19-8-4-3-5-9-19/h3-16H,17H2,1-2H3,(H,29,33). The molecule has 5 rings (SSSR count). The molecule has 0 aliphatic heterocycles. The zero-order valence-corrected chi connectivity index (χ0v) is 19.7. The van der Waals surface area contributed by atoms with Crippen LogP contribution >= 0.6 is 0 Å². The van der Waals surface area contributed by atoms with Gasteiger partial charge in [0.2, 0.25) is 0 Å².